The van der Waals surface area contributed by atoms with Gasteiger partial charge in [-0.15, -0.1) is 0 Å². The second-order valence-electron chi connectivity index (χ2n) is 4.64. The van der Waals surface area contributed by atoms with Gasteiger partial charge in [0, 0.05) is 11.4 Å². The van der Waals surface area contributed by atoms with Crippen LogP contribution in [0.2, 0.25) is 0 Å². The monoisotopic (exact) mass is 287 g/mol. The van der Waals surface area contributed by atoms with Gasteiger partial charge < -0.3 is 5.11 Å². The average molecular weight is 287 g/mol. The first-order valence-corrected chi connectivity index (χ1v) is 7.82. The van der Waals surface area contributed by atoms with Crippen LogP contribution >= 0.6 is 11.8 Å². The van der Waals surface area contributed by atoms with Crippen molar-refractivity contribution in [2.45, 2.75) is 30.2 Å². The molecule has 2 nitrogen and oxygen atoms in total. The maximum absolute atomic E-state index is 9.91. The number of hydrogen-bond acceptors (Lipinski definition) is 3. The Labute approximate surface area is 125 Å². The van der Waals surface area contributed by atoms with Gasteiger partial charge in [-0.3, -0.25) is 4.90 Å². The highest BCUT2D eigenvalue weighted by molar-refractivity contribution is 7.99. The van der Waals surface area contributed by atoms with Gasteiger partial charge in [0.25, 0.3) is 0 Å². The molecule has 2 rings (SSSR count). The van der Waals surface area contributed by atoms with Crippen LogP contribution in [-0.2, 0) is 6.54 Å². The molecule has 0 aromatic heterocycles. The maximum atomic E-state index is 9.91. The van der Waals surface area contributed by atoms with Crippen LogP contribution in [0.15, 0.2) is 58.3 Å². The van der Waals surface area contributed by atoms with Crippen molar-refractivity contribution in [3.63, 3.8) is 0 Å². The van der Waals surface area contributed by atoms with Crippen LogP contribution < -0.4 is 0 Å². The van der Waals surface area contributed by atoms with Crippen LogP contribution in [0.25, 0.3) is 0 Å². The van der Waals surface area contributed by atoms with Crippen LogP contribution in [0, 0.1) is 0 Å². The van der Waals surface area contributed by atoms with Crippen LogP contribution in [0.4, 0.5) is 0 Å². The summed E-state index contributed by atoms with van der Waals surface area (Å²) in [5.41, 5.74) is 1.31. The first kappa shape index (κ1) is 14.9. The summed E-state index contributed by atoms with van der Waals surface area (Å²) < 4.78 is 0. The van der Waals surface area contributed by atoms with Crippen LogP contribution in [0.3, 0.4) is 0 Å². The zero-order valence-electron chi connectivity index (χ0n) is 12.0. The summed E-state index contributed by atoms with van der Waals surface area (Å²) >= 11 is 1.63. The molecule has 2 aromatic carbocycles. The normalized spacial score (nSPS) is 10.9. The first-order valence-electron chi connectivity index (χ1n) is 7.00. The van der Waals surface area contributed by atoms with Crippen LogP contribution in [-0.4, -0.2) is 23.1 Å². The Hall–Kier alpha value is -1.45. The van der Waals surface area contributed by atoms with Gasteiger partial charge in [0.05, 0.1) is 4.90 Å². The third-order valence-corrected chi connectivity index (χ3v) is 4.53. The number of phenolic OH excluding ortho intramolecular Hbond substituents is 1. The van der Waals surface area contributed by atoms with Crippen molar-refractivity contribution < 1.29 is 5.11 Å². The van der Waals surface area contributed by atoms with Crippen LogP contribution in [0.5, 0.6) is 5.75 Å². The van der Waals surface area contributed by atoms with E-state index in [9.17, 15) is 5.11 Å². The van der Waals surface area contributed by atoms with Gasteiger partial charge in [-0.1, -0.05) is 55.9 Å². The maximum Gasteiger partial charge on any atom is 0.129 e. The molecule has 0 radical (unpaired) electrons. The second-order valence-corrected chi connectivity index (χ2v) is 5.72. The molecule has 0 aliphatic heterocycles. The largest absolute Gasteiger partial charge is 0.507 e. The second kappa shape index (κ2) is 7.36. The van der Waals surface area contributed by atoms with Gasteiger partial charge in [-0.2, -0.15) is 0 Å². The van der Waals surface area contributed by atoms with Crippen molar-refractivity contribution in [1.82, 2.24) is 4.90 Å². The van der Waals surface area contributed by atoms with E-state index in [2.05, 4.69) is 36.9 Å². The van der Waals surface area contributed by atoms with Crippen molar-refractivity contribution in [3.05, 3.63) is 54.1 Å². The number of aromatic hydroxyl groups is 1. The fourth-order valence-electron chi connectivity index (χ4n) is 2.08. The molecule has 20 heavy (non-hydrogen) atoms. The predicted molar refractivity (Wildman–Crippen MR) is 85.3 cm³/mol. The molecule has 3 heteroatoms. The minimum atomic E-state index is 0.343. The molecule has 1 N–H and O–H groups in total. The van der Waals surface area contributed by atoms with Crippen LogP contribution in [0.1, 0.15) is 19.4 Å². The number of hydrogen-bond donors (Lipinski definition) is 1. The van der Waals surface area contributed by atoms with Gasteiger partial charge in [0.15, 0.2) is 0 Å². The average Bonchev–Trinajstić information content (AvgIpc) is 2.48. The highest BCUT2D eigenvalue weighted by Gasteiger charge is 2.09. The summed E-state index contributed by atoms with van der Waals surface area (Å²) in [6.07, 6.45) is 0. The summed E-state index contributed by atoms with van der Waals surface area (Å²) in [4.78, 5) is 4.50. The van der Waals surface area contributed by atoms with E-state index in [-0.39, 0.29) is 0 Å². The Kier molecular flexibility index (Phi) is 5.50. The van der Waals surface area contributed by atoms with Gasteiger partial charge in [0.2, 0.25) is 0 Å². The van der Waals surface area contributed by atoms with E-state index in [0.717, 1.165) is 24.5 Å². The Balaban J connectivity index is 2.22. The molecule has 0 amide bonds. The van der Waals surface area contributed by atoms with Crippen molar-refractivity contribution >= 4 is 11.8 Å². The van der Waals surface area contributed by atoms with Crippen molar-refractivity contribution in [2.75, 3.05) is 13.1 Å². The third kappa shape index (κ3) is 3.78. The lowest BCUT2D eigenvalue weighted by Gasteiger charge is -2.20. The molecule has 0 unspecified atom stereocenters. The summed E-state index contributed by atoms with van der Waals surface area (Å²) in [5.74, 6) is 0.343. The number of para-hydroxylation sites is 1. The molecular formula is C17H21NOS. The minimum Gasteiger partial charge on any atom is -0.507 e. The Morgan fingerprint density at radius 2 is 1.50 bits per heavy atom. The third-order valence-electron chi connectivity index (χ3n) is 3.35. The first-order chi connectivity index (χ1) is 9.74. The van der Waals surface area contributed by atoms with E-state index in [4.69, 9.17) is 0 Å². The van der Waals surface area contributed by atoms with Gasteiger partial charge in [-0.05, 0) is 36.9 Å². The smallest absolute Gasteiger partial charge is 0.129 e. The molecule has 0 heterocycles. The van der Waals surface area contributed by atoms with Gasteiger partial charge in [-0.25, -0.2) is 0 Å². The molecule has 106 valence electrons. The lowest BCUT2D eigenvalue weighted by molar-refractivity contribution is 0.294. The molecule has 0 atom stereocenters. The molecule has 0 fully saturated rings. The van der Waals surface area contributed by atoms with Crippen molar-refractivity contribution in [2.24, 2.45) is 0 Å². The van der Waals surface area contributed by atoms with E-state index < -0.39 is 0 Å². The number of benzene rings is 2. The number of phenols is 1. The van der Waals surface area contributed by atoms with Gasteiger partial charge in [0.1, 0.15) is 5.75 Å². The SMILES string of the molecule is CCN(CC)Cc1ccccc1Sc1ccccc1O. The summed E-state index contributed by atoms with van der Waals surface area (Å²) in [6, 6.07) is 15.9. The van der Waals surface area contributed by atoms with Gasteiger partial charge >= 0.3 is 0 Å². The standard InChI is InChI=1S/C17H21NOS/c1-3-18(4-2)13-14-9-5-7-11-16(14)20-17-12-8-6-10-15(17)19/h5-12,19H,3-4,13H2,1-2H3. The lowest BCUT2D eigenvalue weighted by Crippen LogP contribution is -2.22. The lowest BCUT2D eigenvalue weighted by atomic mass is 10.2. The van der Waals surface area contributed by atoms with E-state index in [1.807, 2.05) is 24.3 Å². The predicted octanol–water partition coefficient (Wildman–Crippen LogP) is 4.39. The van der Waals surface area contributed by atoms with E-state index in [0.29, 0.717) is 5.75 Å². The van der Waals surface area contributed by atoms with Crippen molar-refractivity contribution in [3.8, 4) is 5.75 Å². The number of nitrogens with zero attached hydrogens (tertiary/aromatic N) is 1. The molecule has 0 bridgehead atoms. The molecule has 2 aromatic rings. The molecule has 0 aliphatic carbocycles. The highest BCUT2D eigenvalue weighted by Crippen LogP contribution is 2.36. The van der Waals surface area contributed by atoms with Crippen molar-refractivity contribution in [1.29, 1.82) is 0 Å². The molecule has 0 aliphatic rings. The molecule has 0 saturated heterocycles. The Morgan fingerprint density at radius 1 is 0.900 bits per heavy atom. The Morgan fingerprint density at radius 3 is 2.15 bits per heavy atom. The number of rotatable bonds is 6. The summed E-state index contributed by atoms with van der Waals surface area (Å²) in [5, 5.41) is 9.91. The summed E-state index contributed by atoms with van der Waals surface area (Å²) in [7, 11) is 0. The molecular weight excluding hydrogens is 266 g/mol. The zero-order valence-corrected chi connectivity index (χ0v) is 12.9. The van der Waals surface area contributed by atoms with E-state index in [1.165, 1.54) is 10.5 Å². The fourth-order valence-corrected chi connectivity index (χ4v) is 3.05. The quantitative estimate of drug-likeness (QED) is 0.852. The Bertz CT molecular complexity index is 552. The van der Waals surface area contributed by atoms with E-state index in [1.54, 1.807) is 17.8 Å². The molecule has 0 saturated carbocycles. The zero-order chi connectivity index (χ0) is 14.4. The topological polar surface area (TPSA) is 23.5 Å². The highest BCUT2D eigenvalue weighted by atomic mass is 32.2. The molecule has 0 spiro atoms. The minimum absolute atomic E-state index is 0.343. The van der Waals surface area contributed by atoms with E-state index >= 15 is 0 Å². The summed E-state index contributed by atoms with van der Waals surface area (Å²) in [6.45, 7) is 7.41. The fraction of sp³-hybridized carbons (Fsp3) is 0.294.